The minimum atomic E-state index is -0.330. The number of benzene rings is 4. The zero-order valence-corrected chi connectivity index (χ0v) is 28.5. The lowest BCUT2D eigenvalue weighted by Gasteiger charge is -2.59. The minimum absolute atomic E-state index is 0.0918. The van der Waals surface area contributed by atoms with E-state index in [0.29, 0.717) is 29.6 Å². The van der Waals surface area contributed by atoms with Crippen LogP contribution in [0.15, 0.2) is 104 Å². The summed E-state index contributed by atoms with van der Waals surface area (Å²) in [5, 5.41) is 6.38. The topological polar surface area (TPSA) is 39.2 Å². The molecule has 4 nitrogen and oxygen atoms in total. The number of para-hydroxylation sites is 1. The maximum absolute atomic E-state index is 14.9. The summed E-state index contributed by atoms with van der Waals surface area (Å²) in [5.74, 6) is 3.19. The van der Waals surface area contributed by atoms with Gasteiger partial charge in [0.1, 0.15) is 12.6 Å². The molecule has 4 heteroatoms. The van der Waals surface area contributed by atoms with Crippen LogP contribution in [0.4, 0.5) is 0 Å². The van der Waals surface area contributed by atoms with Crippen LogP contribution >= 0.6 is 0 Å². The van der Waals surface area contributed by atoms with Crippen molar-refractivity contribution in [1.82, 2.24) is 4.98 Å². The van der Waals surface area contributed by atoms with Crippen LogP contribution in [0.1, 0.15) is 68.6 Å². The summed E-state index contributed by atoms with van der Waals surface area (Å²) in [6.45, 7) is 7.40. The number of nitrogens with zero attached hydrogens (tertiary/aromatic N) is 2. The quantitative estimate of drug-likeness (QED) is 0.0764. The van der Waals surface area contributed by atoms with Crippen LogP contribution in [0.2, 0.25) is 0 Å². The van der Waals surface area contributed by atoms with Crippen LogP contribution in [-0.2, 0) is 16.1 Å². The van der Waals surface area contributed by atoms with Gasteiger partial charge in [-0.3, -0.25) is 9.78 Å². The molecule has 1 aromatic heterocycles. The van der Waals surface area contributed by atoms with Gasteiger partial charge in [0.05, 0.1) is 24.0 Å². The van der Waals surface area contributed by atoms with E-state index in [1.807, 2.05) is 6.20 Å². The smallest absolute Gasteiger partial charge is 0.312 e. The standard InChI is InChI=1S/C45H47N2O2/c1-2-32-27-47(28-40-36-11-5-3-9-34(36)22-35-10-4-6-12-37(35)40)18-16-33(32)23-42(47)43(39-15-17-46-41-14-8-7-13-38(39)41)49-44(48)45-24-29-19-30(25-45)21-31(20-29)26-45/h2-15,17,22,29-33,42-43H,1,16,18-21,23-28H2/q+1/t29?,30?,31?,32-,33-,42+,43-,45?,47?/m0/s1. The number of rotatable bonds is 7. The Kier molecular flexibility index (Phi) is 6.86. The molecule has 7 fully saturated rings. The molecular weight excluding hydrogens is 601 g/mol. The first-order valence-electron chi connectivity index (χ1n) is 18.9. The first-order valence-corrected chi connectivity index (χ1v) is 18.9. The predicted octanol–water partition coefficient (Wildman–Crippen LogP) is 9.95. The van der Waals surface area contributed by atoms with E-state index in [1.165, 1.54) is 52.8 Å². The molecule has 0 N–H and O–H groups in total. The number of piperidine rings is 3. The Morgan fingerprint density at radius 2 is 1.49 bits per heavy atom. The van der Waals surface area contributed by atoms with Crippen LogP contribution in [0.25, 0.3) is 32.4 Å². The molecule has 0 spiro atoms. The number of ether oxygens (including phenoxy) is 1. The van der Waals surface area contributed by atoms with Gasteiger partial charge in [0.15, 0.2) is 6.10 Å². The third-order valence-corrected chi connectivity index (χ3v) is 14.1. The molecule has 3 saturated heterocycles. The Hall–Kier alpha value is -4.02. The Morgan fingerprint density at radius 1 is 0.857 bits per heavy atom. The van der Waals surface area contributed by atoms with Gasteiger partial charge >= 0.3 is 5.97 Å². The molecule has 0 amide bonds. The summed E-state index contributed by atoms with van der Waals surface area (Å²) in [6.07, 6.45) is 13.1. The van der Waals surface area contributed by atoms with E-state index in [1.54, 1.807) is 0 Å². The molecule has 4 aromatic carbocycles. The highest BCUT2D eigenvalue weighted by Gasteiger charge is 2.59. The Labute approximate surface area is 289 Å². The second kappa shape index (κ2) is 11.3. The predicted molar refractivity (Wildman–Crippen MR) is 197 cm³/mol. The highest BCUT2D eigenvalue weighted by Crippen LogP contribution is 2.61. The number of esters is 1. The molecule has 1 unspecified atom stereocenters. The number of carbonyl (C=O) groups excluding carboxylic acids is 1. The van der Waals surface area contributed by atoms with Gasteiger partial charge in [0.2, 0.25) is 0 Å². The lowest BCUT2D eigenvalue weighted by atomic mass is 9.49. The van der Waals surface area contributed by atoms with Crippen LogP contribution in [0.5, 0.6) is 0 Å². The molecule has 49 heavy (non-hydrogen) atoms. The molecule has 3 aliphatic heterocycles. The summed E-state index contributed by atoms with van der Waals surface area (Å²) >= 11 is 0. The number of hydrogen-bond donors (Lipinski definition) is 0. The van der Waals surface area contributed by atoms with Crippen molar-refractivity contribution in [3.05, 3.63) is 115 Å². The lowest BCUT2D eigenvalue weighted by Crippen LogP contribution is -2.68. The molecule has 248 valence electrons. The average molecular weight is 648 g/mol. The van der Waals surface area contributed by atoms with Gasteiger partial charge in [-0.15, -0.1) is 6.58 Å². The third kappa shape index (κ3) is 4.73. The summed E-state index contributed by atoms with van der Waals surface area (Å²) in [6, 6.07) is 31.0. The number of hydrogen-bond acceptors (Lipinski definition) is 3. The normalized spacial score (nSPS) is 33.6. The zero-order valence-electron chi connectivity index (χ0n) is 28.5. The van der Waals surface area contributed by atoms with E-state index in [0.717, 1.165) is 66.3 Å². The highest BCUT2D eigenvalue weighted by molar-refractivity contribution is 6.02. The summed E-state index contributed by atoms with van der Waals surface area (Å²) in [7, 11) is 0. The van der Waals surface area contributed by atoms with E-state index in [4.69, 9.17) is 9.72 Å². The maximum atomic E-state index is 14.9. The van der Waals surface area contributed by atoms with E-state index in [-0.39, 0.29) is 23.5 Å². The first-order chi connectivity index (χ1) is 24.0. The first kappa shape index (κ1) is 29.9. The van der Waals surface area contributed by atoms with Gasteiger partial charge in [0, 0.05) is 41.5 Å². The Morgan fingerprint density at radius 3 is 2.16 bits per heavy atom. The van der Waals surface area contributed by atoms with E-state index in [2.05, 4.69) is 97.6 Å². The molecule has 6 bridgehead atoms. The molecule has 4 saturated carbocycles. The van der Waals surface area contributed by atoms with Crippen molar-refractivity contribution in [3.8, 4) is 0 Å². The molecule has 5 aromatic rings. The number of aromatic nitrogens is 1. The Bertz CT molecular complexity index is 2020. The van der Waals surface area contributed by atoms with Crippen molar-refractivity contribution < 1.29 is 14.0 Å². The van der Waals surface area contributed by atoms with Crippen molar-refractivity contribution in [1.29, 1.82) is 0 Å². The van der Waals surface area contributed by atoms with Crippen LogP contribution in [0, 0.1) is 35.0 Å². The van der Waals surface area contributed by atoms with Gasteiger partial charge in [0.25, 0.3) is 0 Å². The summed E-state index contributed by atoms with van der Waals surface area (Å²) < 4.78 is 8.14. The van der Waals surface area contributed by atoms with Crippen molar-refractivity contribution in [2.75, 3.05) is 13.1 Å². The maximum Gasteiger partial charge on any atom is 0.312 e. The second-order valence-corrected chi connectivity index (χ2v) is 16.8. The SMILES string of the molecule is C=C[C@H]1C[N+]2(Cc3c4ccccc4cc4ccccc34)CC[C@H]1C[C@@H]2[C@@H](OC(=O)C12CC3CC(CC(C3)C1)C2)c1ccnc2ccccc12. The number of pyridine rings is 1. The molecule has 7 aliphatic rings. The van der Waals surface area contributed by atoms with Crippen LogP contribution in [-0.4, -0.2) is 34.6 Å². The fourth-order valence-corrected chi connectivity index (χ4v) is 12.3. The largest absolute Gasteiger partial charge is 0.451 e. The van der Waals surface area contributed by atoms with Gasteiger partial charge < -0.3 is 9.22 Å². The molecule has 0 radical (unpaired) electrons. The lowest BCUT2D eigenvalue weighted by molar-refractivity contribution is -0.984. The summed E-state index contributed by atoms with van der Waals surface area (Å²) in [5.41, 5.74) is 3.23. The van der Waals surface area contributed by atoms with Gasteiger partial charge in [-0.1, -0.05) is 72.8 Å². The number of quaternary nitrogens is 1. The molecule has 4 heterocycles. The minimum Gasteiger partial charge on any atom is -0.451 e. The third-order valence-electron chi connectivity index (χ3n) is 14.1. The number of fused-ring (bicyclic) bond motifs is 6. The number of carbonyl (C=O) groups is 1. The van der Waals surface area contributed by atoms with Crippen molar-refractivity contribution in [2.24, 2.45) is 35.0 Å². The molecule has 4 aliphatic carbocycles. The fraction of sp³-hybridized carbons (Fsp3) is 0.422. The van der Waals surface area contributed by atoms with Gasteiger partial charge in [-0.2, -0.15) is 0 Å². The Balaban J connectivity index is 1.13. The van der Waals surface area contributed by atoms with Crippen LogP contribution in [0.3, 0.4) is 0 Å². The van der Waals surface area contributed by atoms with Crippen molar-refractivity contribution >= 4 is 38.4 Å². The van der Waals surface area contributed by atoms with Crippen molar-refractivity contribution in [3.63, 3.8) is 0 Å². The second-order valence-electron chi connectivity index (χ2n) is 16.8. The van der Waals surface area contributed by atoms with Gasteiger partial charge in [-0.05, 0) is 102 Å². The highest BCUT2D eigenvalue weighted by atomic mass is 16.5. The van der Waals surface area contributed by atoms with Gasteiger partial charge in [-0.25, -0.2) is 0 Å². The van der Waals surface area contributed by atoms with E-state index >= 15 is 0 Å². The van der Waals surface area contributed by atoms with E-state index < -0.39 is 0 Å². The van der Waals surface area contributed by atoms with E-state index in [9.17, 15) is 4.79 Å². The monoisotopic (exact) mass is 647 g/mol. The molecule has 5 atom stereocenters. The molecular formula is C45H47N2O2+. The van der Waals surface area contributed by atoms with Crippen molar-refractivity contribution in [2.45, 2.75) is 70.1 Å². The average Bonchev–Trinajstić information content (AvgIpc) is 3.13. The zero-order chi connectivity index (χ0) is 32.7. The fourth-order valence-electron chi connectivity index (χ4n) is 12.3. The summed E-state index contributed by atoms with van der Waals surface area (Å²) in [4.78, 5) is 19.7. The molecule has 12 rings (SSSR count). The van der Waals surface area contributed by atoms with Crippen LogP contribution < -0.4 is 0 Å².